The average molecular weight is 494 g/mol. The minimum atomic E-state index is -4.60. The molecule has 2 amide bonds. The predicted octanol–water partition coefficient (Wildman–Crippen LogP) is 5.36. The number of ether oxygens (including phenoxy) is 2. The van der Waals surface area contributed by atoms with Gasteiger partial charge in [0.05, 0.1) is 19.8 Å². The van der Waals surface area contributed by atoms with Gasteiger partial charge in [0.15, 0.2) is 5.69 Å². The monoisotopic (exact) mass is 493 g/mol. The molecule has 2 N–H and O–H groups in total. The Morgan fingerprint density at radius 2 is 1.91 bits per heavy atom. The molecule has 0 aliphatic carbocycles. The minimum Gasteiger partial charge on any atom is -0.497 e. The highest BCUT2D eigenvalue weighted by atomic mass is 32.1. The number of amides is 2. The molecule has 0 saturated heterocycles. The molecule has 0 saturated carbocycles. The van der Waals surface area contributed by atoms with E-state index in [1.807, 2.05) is 0 Å². The summed E-state index contributed by atoms with van der Waals surface area (Å²) < 4.78 is 50.7. The van der Waals surface area contributed by atoms with Crippen LogP contribution in [0.25, 0.3) is 27.5 Å². The first-order valence-corrected chi connectivity index (χ1v) is 10.8. The second-order valence-electron chi connectivity index (χ2n) is 6.93. The van der Waals surface area contributed by atoms with Gasteiger partial charge in [-0.15, -0.1) is 11.3 Å². The van der Waals surface area contributed by atoms with Crippen LogP contribution in [0.5, 0.6) is 5.88 Å². The summed E-state index contributed by atoms with van der Waals surface area (Å²) in [7, 11) is 2.89. The Hall–Kier alpha value is -3.67. The third kappa shape index (κ3) is 5.28. The predicted molar refractivity (Wildman–Crippen MR) is 124 cm³/mol. The quantitative estimate of drug-likeness (QED) is 0.430. The van der Waals surface area contributed by atoms with Crippen LogP contribution in [0.1, 0.15) is 23.1 Å². The number of nitrogens with one attached hydrogen (secondary N) is 2. The van der Waals surface area contributed by atoms with Gasteiger partial charge in [0, 0.05) is 40.5 Å². The van der Waals surface area contributed by atoms with E-state index in [1.165, 1.54) is 39.6 Å². The number of anilines is 1. The number of rotatable bonds is 7. The van der Waals surface area contributed by atoms with Crippen LogP contribution in [-0.2, 0) is 10.9 Å². The van der Waals surface area contributed by atoms with E-state index >= 15 is 0 Å². The van der Waals surface area contributed by atoms with Crippen molar-refractivity contribution >= 4 is 28.9 Å². The molecule has 0 aliphatic rings. The summed E-state index contributed by atoms with van der Waals surface area (Å²) in [6.45, 7) is 7.32. The van der Waals surface area contributed by atoms with Gasteiger partial charge in [-0.25, -0.2) is 19.7 Å². The summed E-state index contributed by atoms with van der Waals surface area (Å²) in [4.78, 5) is 24.3. The molecule has 3 aromatic heterocycles. The van der Waals surface area contributed by atoms with E-state index in [0.29, 0.717) is 34.6 Å². The lowest BCUT2D eigenvalue weighted by atomic mass is 10.0. The van der Waals surface area contributed by atoms with Crippen LogP contribution >= 0.6 is 11.3 Å². The van der Waals surface area contributed by atoms with E-state index in [0.717, 1.165) is 11.3 Å². The van der Waals surface area contributed by atoms with Crippen molar-refractivity contribution in [3.8, 4) is 27.6 Å². The number of alkyl halides is 3. The van der Waals surface area contributed by atoms with Crippen molar-refractivity contribution in [2.75, 3.05) is 26.1 Å². The van der Waals surface area contributed by atoms with Crippen molar-refractivity contribution in [2.45, 2.75) is 20.0 Å². The van der Waals surface area contributed by atoms with Crippen LogP contribution < -0.4 is 15.4 Å². The third-order valence-corrected chi connectivity index (χ3v) is 5.68. The van der Waals surface area contributed by atoms with Crippen molar-refractivity contribution in [1.29, 1.82) is 0 Å². The zero-order valence-corrected chi connectivity index (χ0v) is 19.6. The number of aryl methyl sites for hydroxylation is 1. The van der Waals surface area contributed by atoms with Crippen molar-refractivity contribution in [2.24, 2.45) is 0 Å². The number of pyridine rings is 2. The summed E-state index contributed by atoms with van der Waals surface area (Å²) in [6, 6.07) is 2.66. The van der Waals surface area contributed by atoms with Crippen LogP contribution in [0.3, 0.4) is 0 Å². The molecule has 3 aromatic rings. The number of urea groups is 1. The van der Waals surface area contributed by atoms with E-state index in [2.05, 4.69) is 32.2 Å². The van der Waals surface area contributed by atoms with Crippen LogP contribution in [0.4, 0.5) is 23.8 Å². The van der Waals surface area contributed by atoms with Gasteiger partial charge in [-0.1, -0.05) is 6.58 Å². The summed E-state index contributed by atoms with van der Waals surface area (Å²) in [5.41, 5.74) is 0.803. The Bertz CT molecular complexity index is 1230. The fourth-order valence-corrected chi connectivity index (χ4v) is 4.06. The van der Waals surface area contributed by atoms with Crippen molar-refractivity contribution in [1.82, 2.24) is 20.3 Å². The molecule has 0 bridgehead atoms. The second kappa shape index (κ2) is 10.1. The standard InChI is InChI=1S/C22H22F3N5O3S/c1-6-26-21(31)29-17-8-15(20-30-18(12(3)34-20)22(23,24)25)16(10-27-17)13-7-14(11(2)32-4)19(33-5)28-9-13/h7-10H,2,6H2,1,3-5H3,(H2,26,27,29,31). The van der Waals surface area contributed by atoms with Gasteiger partial charge in [0.2, 0.25) is 5.88 Å². The molecule has 0 aliphatic heterocycles. The number of nitrogens with zero attached hydrogens (tertiary/aromatic N) is 3. The van der Waals surface area contributed by atoms with E-state index in [4.69, 9.17) is 9.47 Å². The molecule has 0 radical (unpaired) electrons. The summed E-state index contributed by atoms with van der Waals surface area (Å²) in [5, 5.41) is 5.25. The molecule has 0 unspecified atom stereocenters. The summed E-state index contributed by atoms with van der Waals surface area (Å²) in [5.74, 6) is 0.706. The Morgan fingerprint density at radius 1 is 1.18 bits per heavy atom. The molecule has 3 heterocycles. The van der Waals surface area contributed by atoms with Gasteiger partial charge >= 0.3 is 12.2 Å². The van der Waals surface area contributed by atoms with Gasteiger partial charge < -0.3 is 14.8 Å². The highest BCUT2D eigenvalue weighted by Gasteiger charge is 2.36. The Kier molecular flexibility index (Phi) is 7.40. The molecule has 34 heavy (non-hydrogen) atoms. The van der Waals surface area contributed by atoms with Gasteiger partial charge in [0.1, 0.15) is 16.6 Å². The molecule has 3 rings (SSSR count). The lowest BCUT2D eigenvalue weighted by Gasteiger charge is -2.14. The molecule has 0 spiro atoms. The maximum atomic E-state index is 13.4. The fraction of sp³-hybridized carbons (Fsp3) is 0.273. The molecule has 8 nitrogen and oxygen atoms in total. The zero-order valence-electron chi connectivity index (χ0n) is 18.8. The molecule has 0 atom stereocenters. The molecule has 0 aromatic carbocycles. The molecule has 0 fully saturated rings. The van der Waals surface area contributed by atoms with Gasteiger partial charge in [-0.3, -0.25) is 5.32 Å². The maximum absolute atomic E-state index is 13.4. The van der Waals surface area contributed by atoms with Crippen molar-refractivity contribution in [3.63, 3.8) is 0 Å². The topological polar surface area (TPSA) is 98.3 Å². The normalized spacial score (nSPS) is 11.1. The molecular formula is C22H22F3N5O3S. The first-order valence-electron chi connectivity index (χ1n) is 9.96. The van der Waals surface area contributed by atoms with Gasteiger partial charge in [-0.2, -0.15) is 13.2 Å². The first-order chi connectivity index (χ1) is 16.1. The summed E-state index contributed by atoms with van der Waals surface area (Å²) in [6.07, 6.45) is -1.67. The van der Waals surface area contributed by atoms with Crippen molar-refractivity contribution in [3.05, 3.63) is 47.2 Å². The lowest BCUT2D eigenvalue weighted by molar-refractivity contribution is -0.141. The lowest BCUT2D eigenvalue weighted by Crippen LogP contribution is -2.28. The van der Waals surface area contributed by atoms with Crippen LogP contribution in [0.2, 0.25) is 0 Å². The molecule has 12 heteroatoms. The van der Waals surface area contributed by atoms with E-state index < -0.39 is 17.9 Å². The van der Waals surface area contributed by atoms with Crippen LogP contribution in [0, 0.1) is 6.92 Å². The Morgan fingerprint density at radius 3 is 2.50 bits per heavy atom. The minimum absolute atomic E-state index is 0.0183. The summed E-state index contributed by atoms with van der Waals surface area (Å²) >= 11 is 0.889. The van der Waals surface area contributed by atoms with Gasteiger partial charge in [-0.05, 0) is 26.0 Å². The first kappa shape index (κ1) is 25.0. The second-order valence-corrected chi connectivity index (χ2v) is 8.13. The number of thiazole rings is 1. The largest absolute Gasteiger partial charge is 0.497 e. The average Bonchev–Trinajstić information content (AvgIpc) is 3.20. The van der Waals surface area contributed by atoms with Gasteiger partial charge in [0.25, 0.3) is 0 Å². The highest BCUT2D eigenvalue weighted by molar-refractivity contribution is 7.15. The van der Waals surface area contributed by atoms with Crippen LogP contribution in [-0.4, -0.2) is 41.7 Å². The number of aromatic nitrogens is 3. The smallest absolute Gasteiger partial charge is 0.434 e. The molecular weight excluding hydrogens is 471 g/mol. The number of hydrogen-bond acceptors (Lipinski definition) is 7. The number of hydrogen-bond donors (Lipinski definition) is 2. The van der Waals surface area contributed by atoms with E-state index in [9.17, 15) is 18.0 Å². The fourth-order valence-electron chi connectivity index (χ4n) is 3.10. The number of carbonyl (C=O) groups excluding carboxylic acids is 1. The van der Waals surface area contributed by atoms with Crippen LogP contribution in [0.15, 0.2) is 31.1 Å². The number of carbonyl (C=O) groups is 1. The maximum Gasteiger partial charge on any atom is 0.434 e. The SMILES string of the molecule is C=C(OC)c1cc(-c2cnc(NC(=O)NCC)cc2-c2nc(C(F)(F)F)c(C)s2)cnc1OC. The Labute approximate surface area is 197 Å². The zero-order chi connectivity index (χ0) is 25.0. The third-order valence-electron chi connectivity index (χ3n) is 4.68. The number of methoxy groups -OCH3 is 2. The molecule has 180 valence electrons. The van der Waals surface area contributed by atoms with Crippen molar-refractivity contribution < 1.29 is 27.4 Å². The Balaban J connectivity index is 2.20. The highest BCUT2D eigenvalue weighted by Crippen LogP contribution is 2.41. The van der Waals surface area contributed by atoms with E-state index in [1.54, 1.807) is 13.0 Å². The number of halogens is 3. The van der Waals surface area contributed by atoms with E-state index in [-0.39, 0.29) is 21.6 Å².